The van der Waals surface area contributed by atoms with Crippen molar-refractivity contribution in [2.45, 2.75) is 25.9 Å². The first-order valence-corrected chi connectivity index (χ1v) is 11.9. The molecule has 6 nitrogen and oxygen atoms in total. The Morgan fingerprint density at radius 1 is 1.23 bits per heavy atom. The summed E-state index contributed by atoms with van der Waals surface area (Å²) in [5.41, 5.74) is 4.99. The molecular weight excluding hydrogens is 494 g/mol. The van der Waals surface area contributed by atoms with Gasteiger partial charge in [-0.05, 0) is 53.5 Å². The van der Waals surface area contributed by atoms with Gasteiger partial charge in [-0.15, -0.1) is 0 Å². The van der Waals surface area contributed by atoms with Crippen LogP contribution in [-0.4, -0.2) is 32.8 Å². The molecule has 0 bridgehead atoms. The number of nitrogens with zero attached hydrogens (tertiary/aromatic N) is 1. The number of sulfonamides is 1. The molecule has 10 heteroatoms. The zero-order valence-corrected chi connectivity index (χ0v) is 19.5. The Hall–Kier alpha value is -2.46. The van der Waals surface area contributed by atoms with Crippen LogP contribution in [0.25, 0.3) is 11.0 Å². The fourth-order valence-corrected chi connectivity index (χ4v) is 4.98. The number of hydrogen-bond donors (Lipinski definition) is 1. The fourth-order valence-electron chi connectivity index (χ4n) is 3.25. The Morgan fingerprint density at radius 2 is 1.84 bits per heavy atom. The largest absolute Gasteiger partial charge is 0.460 e. The molecule has 0 aliphatic carbocycles. The van der Waals surface area contributed by atoms with Crippen LogP contribution in [0.4, 0.5) is 14.5 Å². The number of nitrogens with two attached hydrogens (primary N) is 1. The first kappa shape index (κ1) is 23.2. The number of fused-ring (bicyclic) bond motifs is 1. The van der Waals surface area contributed by atoms with Crippen molar-refractivity contribution in [3.05, 3.63) is 63.6 Å². The zero-order valence-electron chi connectivity index (χ0n) is 17.1. The summed E-state index contributed by atoms with van der Waals surface area (Å²) < 4.78 is 59.3. The SMILES string of the molecule is CC(C)(F)CN(c1cc2oc(Cc3ccc(F)cc3)c(C(N)=O)c2cc1Br)S(C)(=O)=O. The van der Waals surface area contributed by atoms with E-state index in [4.69, 9.17) is 10.2 Å². The first-order valence-electron chi connectivity index (χ1n) is 9.22. The van der Waals surface area contributed by atoms with Crippen LogP contribution in [0, 0.1) is 5.82 Å². The second-order valence-electron chi connectivity index (χ2n) is 7.86. The minimum Gasteiger partial charge on any atom is -0.460 e. The van der Waals surface area contributed by atoms with Crippen molar-refractivity contribution in [1.82, 2.24) is 0 Å². The molecule has 3 rings (SSSR count). The third-order valence-electron chi connectivity index (χ3n) is 4.54. The average molecular weight is 515 g/mol. The number of amides is 1. The van der Waals surface area contributed by atoms with Gasteiger partial charge in [0.15, 0.2) is 0 Å². The summed E-state index contributed by atoms with van der Waals surface area (Å²) >= 11 is 3.32. The van der Waals surface area contributed by atoms with E-state index in [1.807, 2.05) is 0 Å². The van der Waals surface area contributed by atoms with Crippen LogP contribution in [0.5, 0.6) is 0 Å². The lowest BCUT2D eigenvalue weighted by atomic mass is 10.0. The monoisotopic (exact) mass is 514 g/mol. The Balaban J connectivity index is 2.17. The van der Waals surface area contributed by atoms with Gasteiger partial charge in [0, 0.05) is 22.3 Å². The predicted octanol–water partition coefficient (Wildman–Crippen LogP) is 4.54. The van der Waals surface area contributed by atoms with Crippen molar-refractivity contribution in [3.63, 3.8) is 0 Å². The van der Waals surface area contributed by atoms with E-state index in [9.17, 15) is 22.0 Å². The second kappa shape index (κ2) is 8.23. The van der Waals surface area contributed by atoms with Gasteiger partial charge in [0.1, 0.15) is 22.8 Å². The van der Waals surface area contributed by atoms with Crippen LogP contribution in [0.3, 0.4) is 0 Å². The molecule has 0 aliphatic rings. The maximum absolute atomic E-state index is 14.3. The highest BCUT2D eigenvalue weighted by atomic mass is 79.9. The number of halogens is 3. The van der Waals surface area contributed by atoms with Crippen molar-refractivity contribution >= 4 is 48.5 Å². The molecule has 0 saturated carbocycles. The lowest BCUT2D eigenvalue weighted by Crippen LogP contribution is -2.39. The van der Waals surface area contributed by atoms with Crippen LogP contribution in [0.15, 0.2) is 45.3 Å². The van der Waals surface area contributed by atoms with Crippen molar-refractivity contribution < 1.29 is 26.4 Å². The third-order valence-corrected chi connectivity index (χ3v) is 6.30. The quantitative estimate of drug-likeness (QED) is 0.500. The highest BCUT2D eigenvalue weighted by molar-refractivity contribution is 9.10. The van der Waals surface area contributed by atoms with E-state index in [0.29, 0.717) is 15.4 Å². The van der Waals surface area contributed by atoms with Crippen LogP contribution in [0.1, 0.15) is 35.5 Å². The summed E-state index contributed by atoms with van der Waals surface area (Å²) in [6, 6.07) is 8.64. The Morgan fingerprint density at radius 3 is 2.35 bits per heavy atom. The van der Waals surface area contributed by atoms with Gasteiger partial charge in [-0.25, -0.2) is 17.2 Å². The van der Waals surface area contributed by atoms with E-state index in [-0.39, 0.29) is 29.0 Å². The second-order valence-corrected chi connectivity index (χ2v) is 10.6. The number of rotatable bonds is 7. The van der Waals surface area contributed by atoms with Crippen LogP contribution < -0.4 is 10.0 Å². The number of primary amides is 1. The standard InChI is InChI=1S/C21H21BrF2N2O4S/c1-21(2,24)11-26(31(3,28)29)16-10-17-14(9-15(16)22)19(20(25)27)18(30-17)8-12-4-6-13(23)7-5-12/h4-7,9-10H,8,11H2,1-3H3,(H2,25,27). The molecule has 166 valence electrons. The summed E-state index contributed by atoms with van der Waals surface area (Å²) in [5.74, 6) is -0.857. The van der Waals surface area contributed by atoms with Crippen molar-refractivity contribution in [3.8, 4) is 0 Å². The zero-order chi connectivity index (χ0) is 23.1. The molecule has 3 aromatic rings. The first-order chi connectivity index (χ1) is 14.3. The van der Waals surface area contributed by atoms with Gasteiger partial charge in [-0.1, -0.05) is 12.1 Å². The predicted molar refractivity (Wildman–Crippen MR) is 119 cm³/mol. The summed E-state index contributed by atoms with van der Waals surface area (Å²) in [5, 5.41) is 0.383. The van der Waals surface area contributed by atoms with Crippen LogP contribution >= 0.6 is 15.9 Å². The molecule has 0 aliphatic heterocycles. The van der Waals surface area contributed by atoms with Crippen molar-refractivity contribution in [2.24, 2.45) is 5.73 Å². The van der Waals surface area contributed by atoms with E-state index >= 15 is 0 Å². The number of carbonyl (C=O) groups is 1. The van der Waals surface area contributed by atoms with Crippen LogP contribution in [-0.2, 0) is 16.4 Å². The molecule has 2 N–H and O–H groups in total. The number of benzene rings is 2. The molecule has 1 heterocycles. The van der Waals surface area contributed by atoms with E-state index in [2.05, 4.69) is 15.9 Å². The molecular formula is C21H21BrF2N2O4S. The number of hydrogen-bond acceptors (Lipinski definition) is 4. The van der Waals surface area contributed by atoms with Gasteiger partial charge in [-0.3, -0.25) is 9.10 Å². The van der Waals surface area contributed by atoms with E-state index in [1.165, 1.54) is 38.1 Å². The maximum atomic E-state index is 14.3. The highest BCUT2D eigenvalue weighted by Gasteiger charge is 2.30. The number of alkyl halides is 1. The molecule has 2 aromatic carbocycles. The Labute approximate surface area is 187 Å². The minimum atomic E-state index is -3.82. The van der Waals surface area contributed by atoms with Crippen molar-refractivity contribution in [2.75, 3.05) is 17.1 Å². The number of furan rings is 1. The lowest BCUT2D eigenvalue weighted by molar-refractivity contribution is 0.1000. The third kappa shape index (κ3) is 5.24. The normalized spacial score (nSPS) is 12.3. The van der Waals surface area contributed by atoms with Crippen molar-refractivity contribution in [1.29, 1.82) is 0 Å². The molecule has 1 amide bonds. The minimum absolute atomic E-state index is 0.142. The summed E-state index contributed by atoms with van der Waals surface area (Å²) in [6.45, 7) is 2.13. The van der Waals surface area contributed by atoms with Gasteiger partial charge in [0.05, 0.1) is 24.1 Å². The number of carbonyl (C=O) groups excluding carboxylic acids is 1. The fraction of sp³-hybridized carbons (Fsp3) is 0.286. The maximum Gasteiger partial charge on any atom is 0.252 e. The molecule has 0 radical (unpaired) electrons. The van der Waals surface area contributed by atoms with E-state index < -0.39 is 34.0 Å². The molecule has 0 spiro atoms. The highest BCUT2D eigenvalue weighted by Crippen LogP contribution is 2.37. The van der Waals surface area contributed by atoms with Crippen LogP contribution in [0.2, 0.25) is 0 Å². The van der Waals surface area contributed by atoms with Gasteiger partial charge >= 0.3 is 0 Å². The summed E-state index contributed by atoms with van der Waals surface area (Å²) in [6.07, 6.45) is 1.15. The Bertz CT molecular complexity index is 1250. The molecule has 1 aromatic heterocycles. The molecule has 0 unspecified atom stereocenters. The van der Waals surface area contributed by atoms with Gasteiger partial charge in [-0.2, -0.15) is 0 Å². The van der Waals surface area contributed by atoms with E-state index in [1.54, 1.807) is 12.1 Å². The molecule has 31 heavy (non-hydrogen) atoms. The van der Waals surface area contributed by atoms with E-state index in [0.717, 1.165) is 10.6 Å². The lowest BCUT2D eigenvalue weighted by Gasteiger charge is -2.28. The van der Waals surface area contributed by atoms with Gasteiger partial charge in [0.25, 0.3) is 5.91 Å². The molecule has 0 saturated heterocycles. The number of anilines is 1. The summed E-state index contributed by atoms with van der Waals surface area (Å²) in [4.78, 5) is 12.1. The summed E-state index contributed by atoms with van der Waals surface area (Å²) in [7, 11) is -3.82. The van der Waals surface area contributed by atoms with Gasteiger partial charge < -0.3 is 10.2 Å². The molecule has 0 fully saturated rings. The average Bonchev–Trinajstić information content (AvgIpc) is 2.96. The molecule has 0 atom stereocenters. The Kier molecular flexibility index (Phi) is 6.16. The smallest absolute Gasteiger partial charge is 0.252 e. The van der Waals surface area contributed by atoms with Gasteiger partial charge in [0.2, 0.25) is 10.0 Å². The topological polar surface area (TPSA) is 93.6 Å².